The lowest BCUT2D eigenvalue weighted by atomic mass is 10.0. The number of anilines is 3. The van der Waals surface area contributed by atoms with Crippen LogP contribution in [0, 0.1) is 13.8 Å². The average Bonchev–Trinajstić information content (AvgIpc) is 1.58. The summed E-state index contributed by atoms with van der Waals surface area (Å²) in [5, 5.41) is 52.6. The van der Waals surface area contributed by atoms with Crippen LogP contribution in [0.3, 0.4) is 0 Å². The number of hydrogen-bond acceptors (Lipinski definition) is 18. The van der Waals surface area contributed by atoms with E-state index in [0.29, 0.717) is 148 Å². The SMILES string of the molecule is C.CCn1nc(C)cc1C(=O)Nc1ccc(C(=O)c2ccc3[nH]c(O)c(C=NC4=NCC=C4)c3c2)cc1.Cc1cc(N=Cc2c(O)[nH]c3ccc(C(=O)c4ccc(NC(=O)c5nccn5C)cc4)cc23)n[nH]1.Cn1ccnc1C(=O)Nc1ccc(C(=O)c2ccc3[nH]c(O)c(C=NC4=NCC=C4)c3c2)cc1. The van der Waals surface area contributed by atoms with E-state index in [2.05, 4.69) is 81.1 Å². The number of aryl methyl sites for hydroxylation is 5. The number of ketones is 3. The average molecular weight is 1420 g/mol. The van der Waals surface area contributed by atoms with Crippen LogP contribution in [0.15, 0.2) is 214 Å². The van der Waals surface area contributed by atoms with Crippen LogP contribution in [0.2, 0.25) is 0 Å². The third-order valence-electron chi connectivity index (χ3n) is 16.9. The Bertz CT molecular complexity index is 5790. The first-order chi connectivity index (χ1) is 50.8. The number of aliphatic imine (C=N–C) groups is 5. The zero-order valence-corrected chi connectivity index (χ0v) is 56.9. The summed E-state index contributed by atoms with van der Waals surface area (Å²) in [5.41, 5.74) is 10.1. The smallest absolute Gasteiger partial charge is 0.291 e. The van der Waals surface area contributed by atoms with E-state index in [-0.39, 0.29) is 66.0 Å². The lowest BCUT2D eigenvalue weighted by Crippen LogP contribution is -2.17. The van der Waals surface area contributed by atoms with Crippen LogP contribution < -0.4 is 16.0 Å². The predicted molar refractivity (Wildman–Crippen MR) is 408 cm³/mol. The Morgan fingerprint density at radius 1 is 0.500 bits per heavy atom. The summed E-state index contributed by atoms with van der Waals surface area (Å²) < 4.78 is 4.89. The molecule has 28 nitrogen and oxygen atoms in total. The third-order valence-corrected chi connectivity index (χ3v) is 16.9. The van der Waals surface area contributed by atoms with Gasteiger partial charge in [0.25, 0.3) is 17.7 Å². The number of amidine groups is 2. The van der Waals surface area contributed by atoms with Gasteiger partial charge in [-0.15, -0.1) is 0 Å². The van der Waals surface area contributed by atoms with Crippen LogP contribution in [0.1, 0.15) is 122 Å². The van der Waals surface area contributed by atoms with Gasteiger partial charge in [-0.25, -0.2) is 24.9 Å². The highest BCUT2D eigenvalue weighted by molar-refractivity contribution is 6.17. The molecule has 530 valence electrons. The molecule has 0 bridgehead atoms. The standard InChI is InChI=1S/C27H24N6O3.C25H21N7O3.C25H20N6O3.CH4/c1-3-33-23(13-16(2)32-33)27(36)30-19-9-6-17(7-10-19)25(34)18-8-11-22-20(14-18)21(26(35)31-22)15-29-24-5-4-12-28-24;1-14-11-21(31-30-14)27-13-19-18-12-16(5-8-20(18)29-24(19)34)22(33)15-3-6-17(7-4-15)28-25(35)23-26-9-10-32(23)2;1-31-12-11-27-23(31)25(34)29-17-7-4-15(5-8-17)22(32)16-6-9-20-18(13-16)19(24(33)30-20)14-28-21-3-2-10-26-21;/h4-11,13-15,31,35H,3,12H2,1-2H3,(H,30,36);3-13,29,34H,1-2H3,(H,28,35)(H,30,31);2-9,11-14,30,33H,10H2,1H3,(H,29,34);1H4. The zero-order chi connectivity index (χ0) is 73.4. The molecule has 0 saturated carbocycles. The van der Waals surface area contributed by atoms with Crippen molar-refractivity contribution in [3.05, 3.63) is 267 Å². The Balaban J connectivity index is 0.000000148. The second-order valence-corrected chi connectivity index (χ2v) is 24.1. The molecule has 6 aromatic carbocycles. The first kappa shape index (κ1) is 71.3. The Kier molecular flexibility index (Phi) is 20.9. The monoisotopic (exact) mass is 1420 g/mol. The van der Waals surface area contributed by atoms with E-state index in [0.717, 1.165) is 11.4 Å². The Morgan fingerprint density at radius 3 is 1.22 bits per heavy atom. The van der Waals surface area contributed by atoms with Crippen molar-refractivity contribution in [2.24, 2.45) is 39.1 Å². The molecular formula is C78H69N19O9. The van der Waals surface area contributed by atoms with Crippen LogP contribution in [-0.4, -0.2) is 148 Å². The van der Waals surface area contributed by atoms with Crippen LogP contribution in [0.25, 0.3) is 32.7 Å². The van der Waals surface area contributed by atoms with Gasteiger partial charge in [0.15, 0.2) is 52.5 Å². The van der Waals surface area contributed by atoms with E-state index in [4.69, 9.17) is 0 Å². The molecule has 2 aliphatic heterocycles. The van der Waals surface area contributed by atoms with Crippen molar-refractivity contribution >= 4 is 121 Å². The summed E-state index contributed by atoms with van der Waals surface area (Å²) in [5.74, 6) is 0.624. The quantitative estimate of drug-likeness (QED) is 0.0300. The lowest BCUT2D eigenvalue weighted by Gasteiger charge is -2.08. The molecule has 3 amide bonds. The fraction of sp³-hybridized carbons (Fsp3) is 0.115. The highest BCUT2D eigenvalue weighted by Crippen LogP contribution is 2.32. The Hall–Kier alpha value is -14.6. The molecule has 13 aromatic rings. The van der Waals surface area contributed by atoms with E-state index < -0.39 is 0 Å². The van der Waals surface area contributed by atoms with Crippen molar-refractivity contribution in [3.63, 3.8) is 0 Å². The van der Waals surface area contributed by atoms with Crippen LogP contribution in [0.5, 0.6) is 17.6 Å². The van der Waals surface area contributed by atoms with Gasteiger partial charge in [-0.05, 0) is 166 Å². The number of amides is 3. The number of aromatic amines is 4. The minimum absolute atomic E-state index is 0. The van der Waals surface area contributed by atoms with Crippen molar-refractivity contribution in [2.45, 2.75) is 34.7 Å². The van der Waals surface area contributed by atoms with Crippen molar-refractivity contribution in [2.75, 3.05) is 29.0 Å². The van der Waals surface area contributed by atoms with Gasteiger partial charge in [-0.3, -0.25) is 48.5 Å². The summed E-state index contributed by atoms with van der Waals surface area (Å²) in [6.07, 6.45) is 18.5. The fourth-order valence-corrected chi connectivity index (χ4v) is 11.5. The molecular weight excluding hydrogens is 1350 g/mol. The Labute approximate surface area is 604 Å². The summed E-state index contributed by atoms with van der Waals surface area (Å²) in [4.78, 5) is 115. The number of fused-ring (bicyclic) bond motifs is 3. The second kappa shape index (κ2) is 31.1. The molecule has 0 atom stereocenters. The number of nitrogens with zero attached hydrogens (tertiary/aromatic N) is 12. The summed E-state index contributed by atoms with van der Waals surface area (Å²) in [6.45, 7) is 7.41. The van der Waals surface area contributed by atoms with Crippen molar-refractivity contribution in [1.82, 2.24) is 54.0 Å². The first-order valence-corrected chi connectivity index (χ1v) is 32.8. The molecule has 2 aliphatic rings. The first-order valence-electron chi connectivity index (χ1n) is 32.8. The summed E-state index contributed by atoms with van der Waals surface area (Å²) in [6, 6.07) is 39.0. The highest BCUT2D eigenvalue weighted by atomic mass is 16.3. The normalized spacial score (nSPS) is 12.3. The van der Waals surface area contributed by atoms with E-state index in [9.17, 15) is 44.1 Å². The molecule has 28 heteroatoms. The molecule has 0 fully saturated rings. The van der Waals surface area contributed by atoms with Gasteiger partial charge in [0.2, 0.25) is 0 Å². The molecule has 7 aromatic heterocycles. The number of imidazole rings is 2. The maximum Gasteiger partial charge on any atom is 0.291 e. The number of carbonyl (C=O) groups is 6. The third kappa shape index (κ3) is 15.8. The number of carbonyl (C=O) groups excluding carboxylic acids is 6. The molecule has 106 heavy (non-hydrogen) atoms. The number of benzene rings is 6. The molecule has 0 unspecified atom stereocenters. The van der Waals surface area contributed by atoms with Gasteiger partial charge >= 0.3 is 0 Å². The van der Waals surface area contributed by atoms with Gasteiger partial charge in [0, 0.05) is 159 Å². The molecule has 10 N–H and O–H groups in total. The van der Waals surface area contributed by atoms with Gasteiger partial charge in [-0.2, -0.15) is 10.2 Å². The molecule has 15 rings (SSSR count). The maximum absolute atomic E-state index is 13.2. The second-order valence-electron chi connectivity index (χ2n) is 24.1. The van der Waals surface area contributed by atoms with Gasteiger partial charge in [0.05, 0.1) is 35.5 Å². The van der Waals surface area contributed by atoms with E-state index in [1.165, 1.54) is 12.4 Å². The van der Waals surface area contributed by atoms with E-state index in [1.807, 2.05) is 39.0 Å². The summed E-state index contributed by atoms with van der Waals surface area (Å²) >= 11 is 0. The molecule has 0 spiro atoms. The van der Waals surface area contributed by atoms with Gasteiger partial charge < -0.3 is 55.4 Å². The van der Waals surface area contributed by atoms with Crippen molar-refractivity contribution < 1.29 is 44.1 Å². The minimum Gasteiger partial charge on any atom is -0.494 e. The highest BCUT2D eigenvalue weighted by Gasteiger charge is 2.21. The molecule has 0 aliphatic carbocycles. The number of nitrogens with one attached hydrogen (secondary N) is 7. The number of aromatic nitrogens is 11. The van der Waals surface area contributed by atoms with E-state index in [1.54, 1.807) is 205 Å². The predicted octanol–water partition coefficient (Wildman–Crippen LogP) is 12.3. The topological polar surface area (TPSA) is 391 Å². The number of hydrogen-bond donors (Lipinski definition) is 10. The largest absolute Gasteiger partial charge is 0.494 e. The van der Waals surface area contributed by atoms with Crippen LogP contribution in [0.4, 0.5) is 22.9 Å². The number of H-pyrrole nitrogens is 4. The molecule has 9 heterocycles. The molecule has 0 radical (unpaired) electrons. The lowest BCUT2D eigenvalue weighted by molar-refractivity contribution is 0.100. The van der Waals surface area contributed by atoms with Crippen molar-refractivity contribution in [1.29, 1.82) is 0 Å². The minimum atomic E-state index is -0.339. The zero-order valence-electron chi connectivity index (χ0n) is 56.9. The molecule has 0 saturated heterocycles. The number of rotatable bonds is 17. The van der Waals surface area contributed by atoms with E-state index >= 15 is 0 Å². The van der Waals surface area contributed by atoms with Crippen molar-refractivity contribution in [3.8, 4) is 17.6 Å². The van der Waals surface area contributed by atoms with Gasteiger partial charge in [0.1, 0.15) is 17.4 Å². The number of aromatic hydroxyl groups is 3. The van der Waals surface area contributed by atoms with Crippen LogP contribution in [-0.2, 0) is 20.6 Å². The summed E-state index contributed by atoms with van der Waals surface area (Å²) in [7, 11) is 3.47. The fourth-order valence-electron chi connectivity index (χ4n) is 11.5. The van der Waals surface area contributed by atoms with Crippen LogP contribution >= 0.6 is 0 Å². The van der Waals surface area contributed by atoms with Gasteiger partial charge in [-0.1, -0.05) is 19.6 Å². The Morgan fingerprint density at radius 2 is 0.877 bits per heavy atom. The maximum atomic E-state index is 13.2.